The summed E-state index contributed by atoms with van der Waals surface area (Å²) in [5.74, 6) is -0.785. The van der Waals surface area contributed by atoms with Crippen LogP contribution in [0, 0.1) is 0 Å². The molecule has 0 heterocycles. The molecule has 0 saturated carbocycles. The summed E-state index contributed by atoms with van der Waals surface area (Å²) in [5.41, 5.74) is 0.560. The second kappa shape index (κ2) is 6.42. The monoisotopic (exact) mass is 277 g/mol. The molecule has 7 heteroatoms. The first-order valence-electron chi connectivity index (χ1n) is 5.44. The minimum atomic E-state index is -4.44. The number of halogens is 3. The number of ether oxygens (including phenoxy) is 1. The van der Waals surface area contributed by atoms with E-state index in [1.54, 1.807) is 24.3 Å². The predicted octanol–water partition coefficient (Wildman–Crippen LogP) is 2.14. The lowest BCUT2D eigenvalue weighted by Crippen LogP contribution is -2.37. The number of benzene rings is 1. The molecule has 19 heavy (non-hydrogen) atoms. The molecule has 106 valence electrons. The van der Waals surface area contributed by atoms with E-state index in [4.69, 9.17) is 9.84 Å². The molecular weight excluding hydrogens is 263 g/mol. The van der Waals surface area contributed by atoms with E-state index in [9.17, 15) is 18.0 Å². The number of carbonyl (C=O) groups is 1. The molecule has 1 N–H and O–H groups in total. The van der Waals surface area contributed by atoms with Gasteiger partial charge >= 0.3 is 12.1 Å². The average Bonchev–Trinajstić information content (AvgIpc) is 2.26. The van der Waals surface area contributed by atoms with Gasteiger partial charge in [-0.1, -0.05) is 12.1 Å². The number of hydrogen-bond donors (Lipinski definition) is 1. The van der Waals surface area contributed by atoms with Gasteiger partial charge in [0.25, 0.3) is 0 Å². The molecule has 1 aromatic carbocycles. The number of rotatable bonds is 6. The molecule has 0 spiro atoms. The Morgan fingerprint density at radius 2 is 2.11 bits per heavy atom. The molecule has 0 bridgehead atoms. The molecule has 0 aromatic heterocycles. The van der Waals surface area contributed by atoms with E-state index in [1.165, 1.54) is 7.11 Å². The Morgan fingerprint density at radius 1 is 1.42 bits per heavy atom. The van der Waals surface area contributed by atoms with E-state index in [0.29, 0.717) is 11.3 Å². The van der Waals surface area contributed by atoms with Crippen molar-refractivity contribution in [2.24, 2.45) is 0 Å². The van der Waals surface area contributed by atoms with Crippen molar-refractivity contribution in [3.05, 3.63) is 29.8 Å². The first-order chi connectivity index (χ1) is 8.80. The molecule has 0 aliphatic rings. The van der Waals surface area contributed by atoms with Crippen LogP contribution in [-0.4, -0.2) is 42.4 Å². The highest BCUT2D eigenvalue weighted by atomic mass is 19.4. The fourth-order valence-electron chi connectivity index (χ4n) is 1.64. The van der Waals surface area contributed by atoms with Gasteiger partial charge in [-0.05, 0) is 17.7 Å². The highest BCUT2D eigenvalue weighted by Crippen LogP contribution is 2.19. The van der Waals surface area contributed by atoms with E-state index >= 15 is 0 Å². The van der Waals surface area contributed by atoms with Crippen molar-refractivity contribution in [1.82, 2.24) is 4.90 Å². The van der Waals surface area contributed by atoms with E-state index in [-0.39, 0.29) is 6.54 Å². The van der Waals surface area contributed by atoms with Crippen molar-refractivity contribution in [1.29, 1.82) is 0 Å². The summed E-state index contributed by atoms with van der Waals surface area (Å²) >= 11 is 0. The molecule has 0 radical (unpaired) electrons. The second-order valence-corrected chi connectivity index (χ2v) is 4.01. The smallest absolute Gasteiger partial charge is 0.401 e. The van der Waals surface area contributed by atoms with Crippen molar-refractivity contribution in [2.45, 2.75) is 12.7 Å². The minimum Gasteiger partial charge on any atom is -0.497 e. The Morgan fingerprint density at radius 3 is 2.63 bits per heavy atom. The van der Waals surface area contributed by atoms with Crippen LogP contribution >= 0.6 is 0 Å². The summed E-state index contributed by atoms with van der Waals surface area (Å²) in [6.07, 6.45) is -4.44. The molecule has 1 rings (SSSR count). The van der Waals surface area contributed by atoms with Gasteiger partial charge in [0.05, 0.1) is 20.2 Å². The summed E-state index contributed by atoms with van der Waals surface area (Å²) < 4.78 is 42.0. The van der Waals surface area contributed by atoms with Crippen LogP contribution in [0.4, 0.5) is 13.2 Å². The number of hydrogen-bond acceptors (Lipinski definition) is 3. The molecule has 0 aliphatic carbocycles. The molecule has 0 saturated heterocycles. The highest BCUT2D eigenvalue weighted by molar-refractivity contribution is 5.69. The van der Waals surface area contributed by atoms with Gasteiger partial charge in [-0.3, -0.25) is 9.69 Å². The summed E-state index contributed by atoms with van der Waals surface area (Å²) in [7, 11) is 1.45. The van der Waals surface area contributed by atoms with Crippen molar-refractivity contribution >= 4 is 5.97 Å². The number of methoxy groups -OCH3 is 1. The Labute approximate surface area is 108 Å². The van der Waals surface area contributed by atoms with E-state index in [1.807, 2.05) is 0 Å². The molecule has 1 aromatic rings. The third-order valence-electron chi connectivity index (χ3n) is 2.30. The van der Waals surface area contributed by atoms with Gasteiger partial charge in [-0.2, -0.15) is 13.2 Å². The Bertz CT molecular complexity index is 434. The van der Waals surface area contributed by atoms with Crippen LogP contribution in [0.5, 0.6) is 5.75 Å². The molecule has 4 nitrogen and oxygen atoms in total. The van der Waals surface area contributed by atoms with Crippen LogP contribution in [0.3, 0.4) is 0 Å². The van der Waals surface area contributed by atoms with E-state index < -0.39 is 25.2 Å². The zero-order valence-corrected chi connectivity index (χ0v) is 10.3. The standard InChI is InChI=1S/C12H14F3NO3/c1-19-10-4-2-3-9(5-10)6-16(7-11(17)18)8-12(13,14)15/h2-5H,6-8H2,1H3,(H,17,18). The number of carboxylic acids is 1. The molecule has 0 fully saturated rings. The molecule has 0 unspecified atom stereocenters. The van der Waals surface area contributed by atoms with Gasteiger partial charge in [-0.15, -0.1) is 0 Å². The SMILES string of the molecule is COc1cccc(CN(CC(=O)O)CC(F)(F)F)c1. The van der Waals surface area contributed by atoms with Gasteiger partial charge in [-0.25, -0.2) is 0 Å². The molecule has 0 atom stereocenters. The summed E-state index contributed by atoms with van der Waals surface area (Å²) in [5, 5.41) is 8.63. The lowest BCUT2D eigenvalue weighted by Gasteiger charge is -2.21. The maximum Gasteiger partial charge on any atom is 0.401 e. The third-order valence-corrected chi connectivity index (χ3v) is 2.30. The van der Waals surface area contributed by atoms with Crippen LogP contribution in [0.15, 0.2) is 24.3 Å². The average molecular weight is 277 g/mol. The summed E-state index contributed by atoms with van der Waals surface area (Å²) in [4.78, 5) is 11.4. The fraction of sp³-hybridized carbons (Fsp3) is 0.417. The van der Waals surface area contributed by atoms with E-state index in [2.05, 4.69) is 0 Å². The maximum absolute atomic E-state index is 12.3. The van der Waals surface area contributed by atoms with Crippen molar-refractivity contribution in [3.8, 4) is 5.75 Å². The quantitative estimate of drug-likeness (QED) is 0.865. The second-order valence-electron chi connectivity index (χ2n) is 4.01. The molecular formula is C12H14F3NO3. The Hall–Kier alpha value is -1.76. The molecule has 0 amide bonds. The first-order valence-corrected chi connectivity index (χ1v) is 5.44. The lowest BCUT2D eigenvalue weighted by atomic mass is 10.2. The molecule has 0 aliphatic heterocycles. The fourth-order valence-corrected chi connectivity index (χ4v) is 1.64. The zero-order valence-electron chi connectivity index (χ0n) is 10.3. The van der Waals surface area contributed by atoms with Crippen LogP contribution in [0.1, 0.15) is 5.56 Å². The van der Waals surface area contributed by atoms with Crippen LogP contribution in [0.2, 0.25) is 0 Å². The Kier molecular flexibility index (Phi) is 5.17. The zero-order chi connectivity index (χ0) is 14.5. The van der Waals surface area contributed by atoms with Gasteiger partial charge < -0.3 is 9.84 Å². The third kappa shape index (κ3) is 6.10. The largest absolute Gasteiger partial charge is 0.497 e. The van der Waals surface area contributed by atoms with Crippen LogP contribution in [0.25, 0.3) is 0 Å². The topological polar surface area (TPSA) is 49.8 Å². The maximum atomic E-state index is 12.3. The van der Waals surface area contributed by atoms with Gasteiger partial charge in [0.1, 0.15) is 5.75 Å². The number of carboxylic acid groups (broad SMARTS) is 1. The number of aliphatic carboxylic acids is 1. The van der Waals surface area contributed by atoms with Crippen molar-refractivity contribution in [2.75, 3.05) is 20.2 Å². The predicted molar refractivity (Wildman–Crippen MR) is 62.0 cm³/mol. The van der Waals surface area contributed by atoms with Gasteiger partial charge in [0, 0.05) is 6.54 Å². The highest BCUT2D eigenvalue weighted by Gasteiger charge is 2.31. The van der Waals surface area contributed by atoms with Crippen molar-refractivity contribution < 1.29 is 27.8 Å². The van der Waals surface area contributed by atoms with Gasteiger partial charge in [0.2, 0.25) is 0 Å². The van der Waals surface area contributed by atoms with Crippen molar-refractivity contribution in [3.63, 3.8) is 0 Å². The number of nitrogens with zero attached hydrogens (tertiary/aromatic N) is 1. The summed E-state index contributed by atoms with van der Waals surface area (Å²) in [6, 6.07) is 6.49. The normalized spacial score (nSPS) is 11.6. The first kappa shape index (κ1) is 15.3. The minimum absolute atomic E-state index is 0.108. The summed E-state index contributed by atoms with van der Waals surface area (Å²) in [6.45, 7) is -2.05. The van der Waals surface area contributed by atoms with Gasteiger partial charge in [0.15, 0.2) is 0 Å². The lowest BCUT2D eigenvalue weighted by molar-refractivity contribution is -0.154. The Balaban J connectivity index is 2.77. The van der Waals surface area contributed by atoms with E-state index in [0.717, 1.165) is 4.90 Å². The van der Waals surface area contributed by atoms with Crippen LogP contribution in [-0.2, 0) is 11.3 Å². The number of alkyl halides is 3. The van der Waals surface area contributed by atoms with Crippen LogP contribution < -0.4 is 4.74 Å².